The molecule has 3 atom stereocenters. The van der Waals surface area contributed by atoms with Crippen LogP contribution in [-0.4, -0.2) is 59.9 Å². The molecule has 0 aliphatic rings. The molecular weight excluding hydrogens is 474 g/mol. The van der Waals surface area contributed by atoms with Gasteiger partial charge < -0.3 is 34.0 Å². The summed E-state index contributed by atoms with van der Waals surface area (Å²) in [5, 5.41) is 27.3. The molecule has 0 fully saturated rings. The molecule has 2 unspecified atom stereocenters. The maximum absolute atomic E-state index is 11.7. The minimum absolute atomic E-state index is 0. The van der Waals surface area contributed by atoms with Crippen molar-refractivity contribution in [2.45, 2.75) is 103 Å². The summed E-state index contributed by atoms with van der Waals surface area (Å²) >= 11 is 0. The van der Waals surface area contributed by atoms with Crippen LogP contribution in [0.1, 0.15) is 90.4 Å². The maximum atomic E-state index is 11.7. The quantitative estimate of drug-likeness (QED) is 0.0575. The number of aliphatic hydroxyl groups excluding tert-OH is 3. The van der Waals surface area contributed by atoms with Crippen molar-refractivity contribution in [2.75, 3.05) is 26.4 Å². The summed E-state index contributed by atoms with van der Waals surface area (Å²) in [7, 11) is -4.73. The van der Waals surface area contributed by atoms with E-state index >= 15 is 0 Å². The van der Waals surface area contributed by atoms with Crippen molar-refractivity contribution in [1.82, 2.24) is 0 Å². The molecule has 0 amide bonds. The molecule has 0 bridgehead atoms. The SMILES string of the molecule is CCCCCC/C=C/CCCCCCCCC(=O)OC[C@@H](O)COP(=O)([O-])OCC(O)CO.[Na+]. The summed E-state index contributed by atoms with van der Waals surface area (Å²) in [6.07, 6.45) is 15.9. The third kappa shape index (κ3) is 25.3. The van der Waals surface area contributed by atoms with Crippen LogP contribution in [0, 0.1) is 0 Å². The zero-order chi connectivity index (χ0) is 24.8. The summed E-state index contributed by atoms with van der Waals surface area (Å²) in [6, 6.07) is 0. The van der Waals surface area contributed by atoms with Crippen LogP contribution in [0.3, 0.4) is 0 Å². The second-order valence-electron chi connectivity index (χ2n) is 8.19. The van der Waals surface area contributed by atoms with E-state index in [9.17, 15) is 19.4 Å². The molecule has 34 heavy (non-hydrogen) atoms. The smallest absolute Gasteiger partial charge is 0.756 e. The largest absolute Gasteiger partial charge is 1.00 e. The van der Waals surface area contributed by atoms with Gasteiger partial charge in [-0.15, -0.1) is 0 Å². The first kappa shape index (κ1) is 36.4. The Bertz CT molecular complexity index is 549. The summed E-state index contributed by atoms with van der Waals surface area (Å²) < 4.78 is 25.1. The van der Waals surface area contributed by atoms with Crippen molar-refractivity contribution >= 4 is 13.8 Å². The number of esters is 1. The van der Waals surface area contributed by atoms with Gasteiger partial charge in [-0.25, -0.2) is 0 Å². The van der Waals surface area contributed by atoms with Gasteiger partial charge in [-0.2, -0.15) is 0 Å². The van der Waals surface area contributed by atoms with Crippen LogP contribution in [0.15, 0.2) is 12.2 Å². The van der Waals surface area contributed by atoms with Gasteiger partial charge in [0.25, 0.3) is 7.82 Å². The number of aliphatic hydroxyl groups is 3. The first-order chi connectivity index (χ1) is 15.8. The molecule has 0 radical (unpaired) electrons. The van der Waals surface area contributed by atoms with Gasteiger partial charge in [0.1, 0.15) is 18.8 Å². The van der Waals surface area contributed by atoms with Crippen molar-refractivity contribution in [2.24, 2.45) is 0 Å². The first-order valence-corrected chi connectivity index (χ1v) is 13.6. The number of rotatable bonds is 23. The third-order valence-electron chi connectivity index (χ3n) is 4.89. The van der Waals surface area contributed by atoms with Gasteiger partial charge in [-0.1, -0.05) is 64.0 Å². The predicted octanol–water partition coefficient (Wildman–Crippen LogP) is 0.397. The Morgan fingerprint density at radius 3 is 1.91 bits per heavy atom. The van der Waals surface area contributed by atoms with Gasteiger partial charge in [0.05, 0.1) is 19.8 Å². The minimum atomic E-state index is -4.73. The standard InChI is InChI=1S/C23H45O9P.Na/c1-2-3-4-5-6-7-8-9-10-11-12-13-14-15-16-23(27)30-18-22(26)20-32-33(28,29)31-19-21(25)17-24;/h7-8,21-22,24-26H,2-6,9-20H2,1H3,(H,28,29);/q;+1/p-1/b8-7+;/t21?,22-;/m1./s1. The van der Waals surface area contributed by atoms with Crippen LogP contribution >= 0.6 is 7.82 Å². The fourth-order valence-corrected chi connectivity index (χ4v) is 3.70. The van der Waals surface area contributed by atoms with Crippen LogP contribution in [0.25, 0.3) is 0 Å². The summed E-state index contributed by atoms with van der Waals surface area (Å²) in [5.41, 5.74) is 0. The topological polar surface area (TPSA) is 146 Å². The molecule has 0 heterocycles. The Balaban J connectivity index is 0. The van der Waals surface area contributed by atoms with Crippen LogP contribution in [0.5, 0.6) is 0 Å². The van der Waals surface area contributed by atoms with Crippen LogP contribution in [0.4, 0.5) is 0 Å². The molecule has 196 valence electrons. The summed E-state index contributed by atoms with van der Waals surface area (Å²) in [4.78, 5) is 23.1. The van der Waals surface area contributed by atoms with Crippen molar-refractivity contribution in [3.8, 4) is 0 Å². The van der Waals surface area contributed by atoms with Gasteiger partial charge in [-0.05, 0) is 32.1 Å². The number of hydrogen-bond donors (Lipinski definition) is 3. The minimum Gasteiger partial charge on any atom is -0.756 e. The van der Waals surface area contributed by atoms with Gasteiger partial charge in [0.2, 0.25) is 0 Å². The van der Waals surface area contributed by atoms with Gasteiger partial charge in [0.15, 0.2) is 0 Å². The molecule has 0 aromatic heterocycles. The Morgan fingerprint density at radius 1 is 0.853 bits per heavy atom. The number of phosphoric ester groups is 1. The Labute approximate surface area is 227 Å². The molecule has 11 heteroatoms. The van der Waals surface area contributed by atoms with Crippen LogP contribution < -0.4 is 34.5 Å². The van der Waals surface area contributed by atoms with E-state index < -0.39 is 45.8 Å². The normalized spacial score (nSPS) is 15.0. The zero-order valence-corrected chi connectivity index (χ0v) is 24.0. The van der Waals surface area contributed by atoms with E-state index in [2.05, 4.69) is 28.1 Å². The van der Waals surface area contributed by atoms with E-state index in [1.165, 1.54) is 44.9 Å². The molecular formula is C23H44NaO9P. The van der Waals surface area contributed by atoms with Crippen LogP contribution in [0.2, 0.25) is 0 Å². The predicted molar refractivity (Wildman–Crippen MR) is 124 cm³/mol. The number of ether oxygens (including phenoxy) is 1. The number of hydrogen-bond acceptors (Lipinski definition) is 9. The summed E-state index contributed by atoms with van der Waals surface area (Å²) in [5.74, 6) is -0.453. The second-order valence-corrected chi connectivity index (χ2v) is 9.60. The van der Waals surface area contributed by atoms with E-state index in [4.69, 9.17) is 14.9 Å². The van der Waals surface area contributed by atoms with Gasteiger partial charge in [-0.3, -0.25) is 9.36 Å². The van der Waals surface area contributed by atoms with E-state index in [0.717, 1.165) is 25.7 Å². The molecule has 0 saturated carbocycles. The van der Waals surface area contributed by atoms with E-state index in [1.54, 1.807) is 0 Å². The monoisotopic (exact) mass is 518 g/mol. The fourth-order valence-electron chi connectivity index (χ4n) is 2.92. The molecule has 0 aromatic rings. The number of carbonyl (C=O) groups excluding carboxylic acids is 1. The molecule has 0 spiro atoms. The van der Waals surface area contributed by atoms with E-state index in [-0.39, 0.29) is 42.6 Å². The van der Waals surface area contributed by atoms with Crippen molar-refractivity contribution in [3.63, 3.8) is 0 Å². The Morgan fingerprint density at radius 2 is 1.35 bits per heavy atom. The number of phosphoric acid groups is 1. The third-order valence-corrected chi connectivity index (χ3v) is 5.82. The molecule has 0 rings (SSSR count). The number of unbranched alkanes of at least 4 members (excludes halogenated alkanes) is 10. The molecule has 0 aromatic carbocycles. The Kier molecular flexibility index (Phi) is 26.6. The molecule has 0 aliphatic carbocycles. The van der Waals surface area contributed by atoms with Crippen molar-refractivity contribution < 1.29 is 72.9 Å². The average molecular weight is 519 g/mol. The second kappa shape index (κ2) is 24.9. The molecule has 0 saturated heterocycles. The van der Waals surface area contributed by atoms with Gasteiger partial charge >= 0.3 is 35.5 Å². The molecule has 9 nitrogen and oxygen atoms in total. The zero-order valence-electron chi connectivity index (χ0n) is 21.1. The molecule has 0 aliphatic heterocycles. The average Bonchev–Trinajstić information content (AvgIpc) is 2.80. The fraction of sp³-hybridized carbons (Fsp3) is 0.870. The molecule has 3 N–H and O–H groups in total. The van der Waals surface area contributed by atoms with Crippen molar-refractivity contribution in [1.29, 1.82) is 0 Å². The van der Waals surface area contributed by atoms with Gasteiger partial charge in [0, 0.05) is 6.42 Å². The van der Waals surface area contributed by atoms with Crippen molar-refractivity contribution in [3.05, 3.63) is 12.2 Å². The Hall–Kier alpha value is 0.200. The first-order valence-electron chi connectivity index (χ1n) is 12.2. The van der Waals surface area contributed by atoms with E-state index in [0.29, 0.717) is 6.42 Å². The number of allylic oxidation sites excluding steroid dienone is 2. The summed E-state index contributed by atoms with van der Waals surface area (Å²) in [6.45, 7) is -0.116. The van der Waals surface area contributed by atoms with E-state index in [1.807, 2.05) is 0 Å². The maximum Gasteiger partial charge on any atom is 1.00 e. The number of carbonyl (C=O) groups is 1. The van der Waals surface area contributed by atoms with Crippen LogP contribution in [-0.2, 0) is 23.1 Å².